The molecule has 0 amide bonds. The lowest BCUT2D eigenvalue weighted by Gasteiger charge is -2.35. The first-order chi connectivity index (χ1) is 15.7. The molecule has 0 radical (unpaired) electrons. The van der Waals surface area contributed by atoms with Gasteiger partial charge >= 0.3 is 0 Å². The minimum Gasteiger partial charge on any atom is -0.487 e. The molecule has 1 unspecified atom stereocenters. The molecule has 32 heavy (non-hydrogen) atoms. The quantitative estimate of drug-likeness (QED) is 0.576. The number of pyridine rings is 1. The molecule has 3 aromatic rings. The van der Waals surface area contributed by atoms with Crippen LogP contribution in [-0.2, 0) is 25.7 Å². The van der Waals surface area contributed by atoms with E-state index in [4.69, 9.17) is 14.2 Å². The first kappa shape index (κ1) is 20.4. The summed E-state index contributed by atoms with van der Waals surface area (Å²) >= 11 is 0. The van der Waals surface area contributed by atoms with Crippen LogP contribution >= 0.6 is 0 Å². The number of fused-ring (bicyclic) bond motifs is 1. The largest absolute Gasteiger partial charge is 0.487 e. The molecule has 1 aromatic heterocycles. The van der Waals surface area contributed by atoms with Gasteiger partial charge in [0.1, 0.15) is 18.1 Å². The molecule has 7 nitrogen and oxygen atoms in total. The van der Waals surface area contributed by atoms with Crippen LogP contribution in [0.3, 0.4) is 0 Å². The Kier molecular flexibility index (Phi) is 5.66. The molecule has 1 saturated heterocycles. The molecule has 5 rings (SSSR count). The number of ether oxygens (including phenoxy) is 3. The van der Waals surface area contributed by atoms with Gasteiger partial charge in [-0.2, -0.15) is 0 Å². The first-order valence-corrected chi connectivity index (χ1v) is 10.5. The van der Waals surface area contributed by atoms with Crippen LogP contribution in [0.15, 0.2) is 66.7 Å². The molecule has 0 bridgehead atoms. The zero-order valence-corrected chi connectivity index (χ0v) is 17.4. The lowest BCUT2D eigenvalue weighted by molar-refractivity contribution is -0.150. The van der Waals surface area contributed by atoms with Crippen LogP contribution in [0, 0.1) is 0 Å². The van der Waals surface area contributed by atoms with Crippen molar-refractivity contribution in [3.8, 4) is 5.75 Å². The van der Waals surface area contributed by atoms with Crippen molar-refractivity contribution in [2.24, 2.45) is 0 Å². The summed E-state index contributed by atoms with van der Waals surface area (Å²) in [7, 11) is 0. The van der Waals surface area contributed by atoms with Gasteiger partial charge in [-0.05, 0) is 36.4 Å². The van der Waals surface area contributed by atoms with Gasteiger partial charge in [0, 0.05) is 30.1 Å². The number of hydrogen-bond acceptors (Lipinski definition) is 7. The number of benzene rings is 2. The normalized spacial score (nSPS) is 19.5. The smallest absolute Gasteiger partial charge is 0.258 e. The predicted molar refractivity (Wildman–Crippen MR) is 118 cm³/mol. The molecule has 162 valence electrons. The van der Waals surface area contributed by atoms with Crippen LogP contribution in [0.5, 0.6) is 5.75 Å². The average molecular weight is 430 g/mol. The molecule has 0 spiro atoms. The maximum absolute atomic E-state index is 12.3. The van der Waals surface area contributed by atoms with E-state index in [9.17, 15) is 9.59 Å². The molecule has 1 fully saturated rings. The van der Waals surface area contributed by atoms with E-state index >= 15 is 0 Å². The van der Waals surface area contributed by atoms with Crippen LogP contribution in [0.2, 0.25) is 0 Å². The van der Waals surface area contributed by atoms with Gasteiger partial charge in [-0.25, -0.2) is 4.98 Å². The van der Waals surface area contributed by atoms with Gasteiger partial charge in [-0.3, -0.25) is 14.5 Å². The summed E-state index contributed by atoms with van der Waals surface area (Å²) < 4.78 is 17.1. The van der Waals surface area contributed by atoms with Gasteiger partial charge in [0.05, 0.1) is 24.4 Å². The van der Waals surface area contributed by atoms with Crippen LogP contribution < -0.4 is 4.74 Å². The number of hydrogen-bond donors (Lipinski definition) is 0. The third-order valence-corrected chi connectivity index (χ3v) is 5.53. The standard InChI is InChI=1S/C25H22N2O5/c28-22-15-23(32-25(24(22)29)27-11-13-30-14-12-27)18-6-9-20(10-7-18)31-16-19-8-5-17-3-1-2-4-21(17)26-19/h1-10,15,25H,11-14,16H2. The summed E-state index contributed by atoms with van der Waals surface area (Å²) in [4.78, 5) is 31.0. The van der Waals surface area contributed by atoms with Gasteiger partial charge in [-0.1, -0.05) is 24.3 Å². The Morgan fingerprint density at radius 1 is 0.969 bits per heavy atom. The van der Waals surface area contributed by atoms with Crippen LogP contribution in [0.25, 0.3) is 16.7 Å². The SMILES string of the molecule is O=C1C=C(c2ccc(OCc3ccc4ccccc4n3)cc2)OC(N2CCOCC2)C1=O. The summed E-state index contributed by atoms with van der Waals surface area (Å²) in [6.07, 6.45) is 0.357. The van der Waals surface area contributed by atoms with Crippen molar-refractivity contribution < 1.29 is 23.8 Å². The number of ketones is 2. The minimum atomic E-state index is -0.902. The molecule has 2 aromatic carbocycles. The van der Waals surface area contributed by atoms with Crippen molar-refractivity contribution in [2.75, 3.05) is 26.3 Å². The molecule has 2 aliphatic heterocycles. The van der Waals surface area contributed by atoms with Crippen molar-refractivity contribution in [1.29, 1.82) is 0 Å². The Hall–Kier alpha value is -3.55. The molecule has 0 N–H and O–H groups in total. The number of Topliss-reactive ketones (excluding diaryl/α,β-unsaturated/α-hetero) is 1. The summed E-state index contributed by atoms with van der Waals surface area (Å²) in [5.74, 6) is -0.0370. The van der Waals surface area contributed by atoms with E-state index < -0.39 is 17.8 Å². The number of morpholine rings is 1. The highest BCUT2D eigenvalue weighted by atomic mass is 16.5. The monoisotopic (exact) mass is 430 g/mol. The van der Waals surface area contributed by atoms with Crippen LogP contribution in [0.4, 0.5) is 0 Å². The molecule has 7 heteroatoms. The zero-order chi connectivity index (χ0) is 21.9. The maximum atomic E-state index is 12.3. The van der Waals surface area contributed by atoms with E-state index in [0.717, 1.165) is 16.6 Å². The van der Waals surface area contributed by atoms with E-state index in [1.54, 1.807) is 0 Å². The van der Waals surface area contributed by atoms with Crippen molar-refractivity contribution in [1.82, 2.24) is 9.88 Å². The van der Waals surface area contributed by atoms with Crippen molar-refractivity contribution in [3.05, 3.63) is 78.0 Å². The third kappa shape index (κ3) is 4.26. The Balaban J connectivity index is 1.26. The highest BCUT2D eigenvalue weighted by molar-refractivity contribution is 6.44. The third-order valence-electron chi connectivity index (χ3n) is 5.53. The Morgan fingerprint density at radius 3 is 2.56 bits per heavy atom. The lowest BCUT2D eigenvalue weighted by atomic mass is 10.1. The second-order valence-electron chi connectivity index (χ2n) is 7.66. The number of nitrogens with zero attached hydrogens (tertiary/aromatic N) is 2. The minimum absolute atomic E-state index is 0.343. The van der Waals surface area contributed by atoms with Crippen molar-refractivity contribution in [2.45, 2.75) is 12.8 Å². The lowest BCUT2D eigenvalue weighted by Crippen LogP contribution is -2.51. The zero-order valence-electron chi connectivity index (χ0n) is 17.4. The highest BCUT2D eigenvalue weighted by Gasteiger charge is 2.37. The maximum Gasteiger partial charge on any atom is 0.258 e. The number of rotatable bonds is 5. The number of carbonyl (C=O) groups excluding carboxylic acids is 2. The molecule has 0 aliphatic carbocycles. The van der Waals surface area contributed by atoms with E-state index in [-0.39, 0.29) is 0 Å². The molecule has 3 heterocycles. The number of allylic oxidation sites excluding steroid dienone is 1. The average Bonchev–Trinajstić information content (AvgIpc) is 2.85. The predicted octanol–water partition coefficient (Wildman–Crippen LogP) is 2.98. The van der Waals surface area contributed by atoms with Gasteiger partial charge in [0.2, 0.25) is 12.0 Å². The highest BCUT2D eigenvalue weighted by Crippen LogP contribution is 2.26. The molecular weight excluding hydrogens is 408 g/mol. The summed E-state index contributed by atoms with van der Waals surface area (Å²) in [6, 6.07) is 19.2. The fourth-order valence-electron chi connectivity index (χ4n) is 3.78. The van der Waals surface area contributed by atoms with Gasteiger partial charge in [0.15, 0.2) is 0 Å². The fourth-order valence-corrected chi connectivity index (χ4v) is 3.78. The Bertz CT molecular complexity index is 1180. The Labute approximate surface area is 185 Å². The van der Waals surface area contributed by atoms with Crippen LogP contribution in [-0.4, -0.2) is 54.0 Å². The summed E-state index contributed by atoms with van der Waals surface area (Å²) in [5.41, 5.74) is 2.48. The van der Waals surface area contributed by atoms with E-state index in [0.29, 0.717) is 50.0 Å². The van der Waals surface area contributed by atoms with Gasteiger partial charge in [-0.15, -0.1) is 0 Å². The van der Waals surface area contributed by atoms with E-state index in [2.05, 4.69) is 4.98 Å². The topological polar surface area (TPSA) is 78.0 Å². The van der Waals surface area contributed by atoms with E-state index in [1.165, 1.54) is 6.08 Å². The Morgan fingerprint density at radius 2 is 1.75 bits per heavy atom. The van der Waals surface area contributed by atoms with Crippen LogP contribution in [0.1, 0.15) is 11.3 Å². The number of para-hydroxylation sites is 1. The summed E-state index contributed by atoms with van der Waals surface area (Å²) in [5, 5.41) is 1.09. The van der Waals surface area contributed by atoms with E-state index in [1.807, 2.05) is 65.6 Å². The second kappa shape index (κ2) is 8.90. The van der Waals surface area contributed by atoms with Gasteiger partial charge < -0.3 is 14.2 Å². The molecule has 2 aliphatic rings. The van der Waals surface area contributed by atoms with Gasteiger partial charge in [0.25, 0.3) is 5.78 Å². The molecular formula is C25H22N2O5. The summed E-state index contributed by atoms with van der Waals surface area (Å²) in [6.45, 7) is 2.46. The second-order valence-corrected chi connectivity index (χ2v) is 7.66. The first-order valence-electron chi connectivity index (χ1n) is 10.5. The number of aromatic nitrogens is 1. The molecule has 0 saturated carbocycles. The fraction of sp³-hybridized carbons (Fsp3) is 0.240. The number of carbonyl (C=O) groups is 2. The molecule has 1 atom stereocenters. The van der Waals surface area contributed by atoms with Crippen molar-refractivity contribution >= 4 is 28.2 Å². The van der Waals surface area contributed by atoms with Crippen molar-refractivity contribution in [3.63, 3.8) is 0 Å².